The maximum Gasteiger partial charge on any atom is 0.196 e. The van der Waals surface area contributed by atoms with Gasteiger partial charge in [0.15, 0.2) is 11.6 Å². The molecule has 0 aliphatic heterocycles. The molecule has 1 aliphatic carbocycles. The lowest BCUT2D eigenvalue weighted by Gasteiger charge is -2.17. The first-order valence-electron chi connectivity index (χ1n) is 8.11. The third-order valence-electron chi connectivity index (χ3n) is 4.61. The third-order valence-corrected chi connectivity index (χ3v) is 5.68. The zero-order valence-corrected chi connectivity index (χ0v) is 14.3. The molecule has 4 nitrogen and oxygen atoms in total. The molecule has 2 N–H and O–H groups in total. The van der Waals surface area contributed by atoms with Gasteiger partial charge >= 0.3 is 0 Å². The van der Waals surface area contributed by atoms with E-state index in [2.05, 4.69) is 4.98 Å². The Morgan fingerprint density at radius 3 is 2.19 bits per heavy atom. The molecule has 5 rings (SSSR count). The molecular formula is C21H12N2O2S. The lowest BCUT2D eigenvalue weighted by Crippen LogP contribution is -2.21. The van der Waals surface area contributed by atoms with Crippen LogP contribution in [-0.2, 0) is 0 Å². The van der Waals surface area contributed by atoms with Crippen LogP contribution in [0, 0.1) is 0 Å². The van der Waals surface area contributed by atoms with Crippen molar-refractivity contribution >= 4 is 38.8 Å². The number of nitrogens with zero attached hydrogens (tertiary/aromatic N) is 1. The molecule has 0 bridgehead atoms. The molecule has 1 aliphatic rings. The highest BCUT2D eigenvalue weighted by atomic mass is 32.1. The Bertz CT molecular complexity index is 1220. The number of hydrogen-bond donors (Lipinski definition) is 1. The Labute approximate surface area is 152 Å². The average Bonchev–Trinajstić information content (AvgIpc) is 3.10. The van der Waals surface area contributed by atoms with Gasteiger partial charge in [0.05, 0.1) is 15.8 Å². The van der Waals surface area contributed by atoms with Crippen molar-refractivity contribution in [1.29, 1.82) is 0 Å². The molecule has 0 radical (unpaired) electrons. The van der Waals surface area contributed by atoms with Crippen molar-refractivity contribution in [1.82, 2.24) is 4.98 Å². The predicted octanol–water partition coefficient (Wildman–Crippen LogP) is 4.32. The normalized spacial score (nSPS) is 12.9. The van der Waals surface area contributed by atoms with Crippen LogP contribution in [0.15, 0.2) is 60.7 Å². The first kappa shape index (κ1) is 15.0. The van der Waals surface area contributed by atoms with Gasteiger partial charge in [0, 0.05) is 27.9 Å². The van der Waals surface area contributed by atoms with Crippen LogP contribution >= 0.6 is 11.3 Å². The number of fused-ring (bicyclic) bond motifs is 4. The molecule has 0 saturated carbocycles. The number of hydrogen-bond acceptors (Lipinski definition) is 5. The second-order valence-electron chi connectivity index (χ2n) is 6.18. The summed E-state index contributed by atoms with van der Waals surface area (Å²) in [4.78, 5) is 30.6. The summed E-state index contributed by atoms with van der Waals surface area (Å²) in [6.45, 7) is 0. The van der Waals surface area contributed by atoms with E-state index >= 15 is 0 Å². The maximum absolute atomic E-state index is 13.1. The van der Waals surface area contributed by atoms with Gasteiger partial charge in [-0.2, -0.15) is 0 Å². The van der Waals surface area contributed by atoms with E-state index in [0.29, 0.717) is 33.5 Å². The van der Waals surface area contributed by atoms with E-state index in [1.54, 1.807) is 30.3 Å². The van der Waals surface area contributed by atoms with E-state index in [1.165, 1.54) is 11.3 Å². The Balaban J connectivity index is 1.76. The maximum atomic E-state index is 13.1. The number of carbonyl (C=O) groups excluding carboxylic acids is 2. The van der Waals surface area contributed by atoms with Crippen LogP contribution in [0.3, 0.4) is 0 Å². The number of nitrogen functional groups attached to an aromatic ring is 1. The minimum absolute atomic E-state index is 0.126. The molecule has 26 heavy (non-hydrogen) atoms. The van der Waals surface area contributed by atoms with Crippen LogP contribution in [0.4, 0.5) is 5.69 Å². The molecule has 0 atom stereocenters. The largest absolute Gasteiger partial charge is 0.399 e. The van der Waals surface area contributed by atoms with Gasteiger partial charge in [-0.3, -0.25) is 9.59 Å². The minimum Gasteiger partial charge on any atom is -0.399 e. The second kappa shape index (κ2) is 5.34. The highest BCUT2D eigenvalue weighted by Gasteiger charge is 2.32. The van der Waals surface area contributed by atoms with Gasteiger partial charge < -0.3 is 5.73 Å². The molecular weight excluding hydrogens is 344 g/mol. The second-order valence-corrected chi connectivity index (χ2v) is 7.21. The molecule has 0 spiro atoms. The number of nitrogens with two attached hydrogens (primary N) is 1. The van der Waals surface area contributed by atoms with Crippen molar-refractivity contribution in [2.75, 3.05) is 5.73 Å². The first-order valence-corrected chi connectivity index (χ1v) is 8.93. The van der Waals surface area contributed by atoms with E-state index in [4.69, 9.17) is 5.73 Å². The monoisotopic (exact) mass is 356 g/mol. The van der Waals surface area contributed by atoms with Crippen molar-refractivity contribution in [3.05, 3.63) is 82.9 Å². The van der Waals surface area contributed by atoms with Crippen molar-refractivity contribution < 1.29 is 9.59 Å². The van der Waals surface area contributed by atoms with Gasteiger partial charge in [-0.15, -0.1) is 11.3 Å². The van der Waals surface area contributed by atoms with Crippen molar-refractivity contribution in [3.63, 3.8) is 0 Å². The van der Waals surface area contributed by atoms with Crippen molar-refractivity contribution in [2.45, 2.75) is 0 Å². The fourth-order valence-corrected chi connectivity index (χ4v) is 4.30. The summed E-state index contributed by atoms with van der Waals surface area (Å²) in [5.74, 6) is -0.269. The SMILES string of the molecule is Nc1ccc(-c2nc3c4c(ccc3s2)C(=O)c2ccccc2C4=O)cc1. The third kappa shape index (κ3) is 2.04. The van der Waals surface area contributed by atoms with Crippen LogP contribution < -0.4 is 5.73 Å². The number of carbonyl (C=O) groups is 2. The Hall–Kier alpha value is -3.31. The number of aromatic nitrogens is 1. The average molecular weight is 356 g/mol. The number of thiazole rings is 1. The van der Waals surface area contributed by atoms with Crippen LogP contribution in [-0.4, -0.2) is 16.6 Å². The van der Waals surface area contributed by atoms with Gasteiger partial charge in [-0.05, 0) is 36.4 Å². The minimum atomic E-state index is -0.144. The lowest BCUT2D eigenvalue weighted by atomic mass is 9.83. The molecule has 3 aromatic carbocycles. The number of rotatable bonds is 1. The topological polar surface area (TPSA) is 73.0 Å². The molecule has 5 heteroatoms. The van der Waals surface area contributed by atoms with Crippen molar-refractivity contribution in [3.8, 4) is 10.6 Å². The van der Waals surface area contributed by atoms with E-state index in [0.717, 1.165) is 15.3 Å². The summed E-state index contributed by atoms with van der Waals surface area (Å²) in [7, 11) is 0. The highest BCUT2D eigenvalue weighted by molar-refractivity contribution is 7.21. The first-order chi connectivity index (χ1) is 12.6. The predicted molar refractivity (Wildman–Crippen MR) is 103 cm³/mol. The quantitative estimate of drug-likeness (QED) is 0.454. The van der Waals surface area contributed by atoms with Crippen LogP contribution in [0.25, 0.3) is 20.8 Å². The van der Waals surface area contributed by atoms with Gasteiger partial charge in [0.2, 0.25) is 0 Å². The summed E-state index contributed by atoms with van der Waals surface area (Å²) in [6, 6.07) is 18.0. The fraction of sp³-hybridized carbons (Fsp3) is 0. The van der Waals surface area contributed by atoms with Gasteiger partial charge in [-0.25, -0.2) is 4.98 Å². The van der Waals surface area contributed by atoms with E-state index in [-0.39, 0.29) is 11.6 Å². The Kier molecular flexibility index (Phi) is 3.08. The lowest BCUT2D eigenvalue weighted by molar-refractivity contribution is 0.0980. The van der Waals surface area contributed by atoms with E-state index in [1.807, 2.05) is 30.3 Å². The molecule has 1 heterocycles. The molecule has 4 aromatic rings. The van der Waals surface area contributed by atoms with Crippen LogP contribution in [0.5, 0.6) is 0 Å². The molecule has 1 aromatic heterocycles. The summed E-state index contributed by atoms with van der Waals surface area (Å²) < 4.78 is 0.885. The standard InChI is InChI=1S/C21H12N2O2S/c22-12-7-5-11(6-8-12)21-23-18-16(26-21)10-9-15-17(18)20(25)14-4-2-1-3-13(14)19(15)24/h1-10H,22H2. The number of benzene rings is 3. The van der Waals surface area contributed by atoms with Crippen molar-refractivity contribution in [2.24, 2.45) is 0 Å². The molecule has 0 saturated heterocycles. The smallest absolute Gasteiger partial charge is 0.196 e. The zero-order valence-electron chi connectivity index (χ0n) is 13.5. The summed E-state index contributed by atoms with van der Waals surface area (Å²) in [5.41, 5.74) is 9.69. The van der Waals surface area contributed by atoms with Crippen LogP contribution in [0.2, 0.25) is 0 Å². The molecule has 0 fully saturated rings. The van der Waals surface area contributed by atoms with E-state index in [9.17, 15) is 9.59 Å². The number of anilines is 1. The Morgan fingerprint density at radius 1 is 0.769 bits per heavy atom. The highest BCUT2D eigenvalue weighted by Crippen LogP contribution is 2.37. The Morgan fingerprint density at radius 2 is 1.46 bits per heavy atom. The fourth-order valence-electron chi connectivity index (χ4n) is 3.32. The number of ketones is 2. The van der Waals surface area contributed by atoms with E-state index < -0.39 is 0 Å². The summed E-state index contributed by atoms with van der Waals surface area (Å²) in [6.07, 6.45) is 0. The van der Waals surface area contributed by atoms with Gasteiger partial charge in [0.25, 0.3) is 0 Å². The summed E-state index contributed by atoms with van der Waals surface area (Å²) in [5, 5.41) is 0.799. The molecule has 124 valence electrons. The zero-order chi connectivity index (χ0) is 17.8. The van der Waals surface area contributed by atoms with Crippen LogP contribution in [0.1, 0.15) is 31.8 Å². The molecule has 0 unspecified atom stereocenters. The molecule has 0 amide bonds. The van der Waals surface area contributed by atoms with Gasteiger partial charge in [-0.1, -0.05) is 24.3 Å². The van der Waals surface area contributed by atoms with Gasteiger partial charge in [0.1, 0.15) is 5.01 Å². The summed E-state index contributed by atoms with van der Waals surface area (Å²) >= 11 is 1.50.